The van der Waals surface area contributed by atoms with Gasteiger partial charge in [0.1, 0.15) is 5.75 Å². The molecule has 1 fully saturated rings. The molecule has 1 saturated carbocycles. The molecule has 3 amide bonds. The van der Waals surface area contributed by atoms with Crippen molar-refractivity contribution in [2.75, 3.05) is 7.11 Å². The number of carbonyl (C=O) groups excluding carboxylic acids is 2. The number of hydrogen-bond donors (Lipinski definition) is 2. The summed E-state index contributed by atoms with van der Waals surface area (Å²) in [6, 6.07) is 6.41. The fourth-order valence-electron chi connectivity index (χ4n) is 2.56. The number of carbonyl (C=O) groups is 2. The Labute approximate surface area is 125 Å². The Bertz CT molecular complexity index is 477. The summed E-state index contributed by atoms with van der Waals surface area (Å²) in [6.45, 7) is 0. The van der Waals surface area contributed by atoms with Crippen LogP contribution in [0.25, 0.3) is 0 Å². The first-order valence-corrected chi connectivity index (χ1v) is 7.45. The minimum Gasteiger partial charge on any atom is -0.497 e. The number of imide groups is 1. The molecule has 0 unspecified atom stereocenters. The summed E-state index contributed by atoms with van der Waals surface area (Å²) in [7, 11) is 1.56. The van der Waals surface area contributed by atoms with Gasteiger partial charge in [-0.15, -0.1) is 0 Å². The monoisotopic (exact) mass is 290 g/mol. The quantitative estimate of drug-likeness (QED) is 0.841. The molecule has 0 atom stereocenters. The molecule has 0 spiro atoms. The highest BCUT2D eigenvalue weighted by Crippen LogP contribution is 2.17. The lowest BCUT2D eigenvalue weighted by Crippen LogP contribution is -2.44. The van der Waals surface area contributed by atoms with Gasteiger partial charge >= 0.3 is 6.03 Å². The molecule has 0 heterocycles. The number of methoxy groups -OCH3 is 1. The maximum absolute atomic E-state index is 12.0. The van der Waals surface area contributed by atoms with E-state index in [4.69, 9.17) is 4.74 Å². The lowest BCUT2D eigenvalue weighted by Gasteiger charge is -2.16. The van der Waals surface area contributed by atoms with Crippen molar-refractivity contribution < 1.29 is 14.3 Å². The average Bonchev–Trinajstić information content (AvgIpc) is 2.75. The summed E-state index contributed by atoms with van der Waals surface area (Å²) >= 11 is 0. The van der Waals surface area contributed by atoms with Crippen molar-refractivity contribution in [1.82, 2.24) is 10.6 Å². The molecule has 0 aromatic heterocycles. The van der Waals surface area contributed by atoms with Gasteiger partial charge in [0.15, 0.2) is 0 Å². The van der Waals surface area contributed by atoms with E-state index in [1.54, 1.807) is 31.4 Å². The van der Waals surface area contributed by atoms with Gasteiger partial charge in [-0.3, -0.25) is 10.1 Å². The van der Waals surface area contributed by atoms with Crippen molar-refractivity contribution >= 4 is 11.9 Å². The molecular formula is C16H22N2O3. The first kappa shape index (κ1) is 15.4. The highest BCUT2D eigenvalue weighted by molar-refractivity contribution is 6.04. The Kier molecular flexibility index (Phi) is 5.60. The lowest BCUT2D eigenvalue weighted by molar-refractivity contribution is 0.0963. The largest absolute Gasteiger partial charge is 0.497 e. The van der Waals surface area contributed by atoms with Crippen LogP contribution in [0.2, 0.25) is 0 Å². The molecule has 5 heteroatoms. The van der Waals surface area contributed by atoms with E-state index >= 15 is 0 Å². The average molecular weight is 290 g/mol. The van der Waals surface area contributed by atoms with Crippen LogP contribution in [0, 0.1) is 0 Å². The fourth-order valence-corrected chi connectivity index (χ4v) is 2.56. The number of nitrogens with one attached hydrogen (secondary N) is 2. The Morgan fingerprint density at radius 2 is 1.67 bits per heavy atom. The van der Waals surface area contributed by atoms with E-state index in [-0.39, 0.29) is 6.04 Å². The molecule has 5 nitrogen and oxygen atoms in total. The normalized spacial score (nSPS) is 15.9. The van der Waals surface area contributed by atoms with Crippen molar-refractivity contribution in [3.05, 3.63) is 29.8 Å². The maximum Gasteiger partial charge on any atom is 0.321 e. The summed E-state index contributed by atoms with van der Waals surface area (Å²) in [5, 5.41) is 5.26. The van der Waals surface area contributed by atoms with E-state index in [1.165, 1.54) is 12.8 Å². The minimum atomic E-state index is -0.414. The van der Waals surface area contributed by atoms with Gasteiger partial charge in [-0.1, -0.05) is 25.7 Å². The first-order valence-electron chi connectivity index (χ1n) is 7.45. The minimum absolute atomic E-state index is 0.177. The SMILES string of the molecule is COc1ccc(C(=O)NC(=O)NC2CCCCCC2)cc1. The van der Waals surface area contributed by atoms with E-state index < -0.39 is 11.9 Å². The molecule has 2 rings (SSSR count). The summed E-state index contributed by atoms with van der Waals surface area (Å²) in [4.78, 5) is 23.8. The highest BCUT2D eigenvalue weighted by atomic mass is 16.5. The van der Waals surface area contributed by atoms with Gasteiger partial charge in [0.25, 0.3) is 5.91 Å². The van der Waals surface area contributed by atoms with E-state index in [1.807, 2.05) is 0 Å². The molecule has 1 aliphatic carbocycles. The smallest absolute Gasteiger partial charge is 0.321 e. The van der Waals surface area contributed by atoms with E-state index in [0.29, 0.717) is 11.3 Å². The zero-order chi connectivity index (χ0) is 15.1. The lowest BCUT2D eigenvalue weighted by atomic mass is 10.1. The third kappa shape index (κ3) is 4.77. The molecule has 21 heavy (non-hydrogen) atoms. The molecule has 1 aliphatic rings. The van der Waals surface area contributed by atoms with Crippen LogP contribution >= 0.6 is 0 Å². The highest BCUT2D eigenvalue weighted by Gasteiger charge is 2.16. The summed E-state index contributed by atoms with van der Waals surface area (Å²) in [5.41, 5.74) is 0.437. The van der Waals surface area contributed by atoms with Crippen LogP contribution in [0.1, 0.15) is 48.9 Å². The topological polar surface area (TPSA) is 67.4 Å². The van der Waals surface area contributed by atoms with Crippen molar-refractivity contribution in [3.8, 4) is 5.75 Å². The summed E-state index contributed by atoms with van der Waals surface area (Å²) < 4.78 is 5.03. The van der Waals surface area contributed by atoms with Gasteiger partial charge in [-0.05, 0) is 37.1 Å². The van der Waals surface area contributed by atoms with E-state index in [9.17, 15) is 9.59 Å². The molecule has 2 N–H and O–H groups in total. The van der Waals surface area contributed by atoms with Gasteiger partial charge < -0.3 is 10.1 Å². The van der Waals surface area contributed by atoms with Crippen LogP contribution in [0.4, 0.5) is 4.79 Å². The predicted octanol–water partition coefficient (Wildman–Crippen LogP) is 2.86. The third-order valence-electron chi connectivity index (χ3n) is 3.77. The van der Waals surface area contributed by atoms with Crippen LogP contribution in [0.3, 0.4) is 0 Å². The van der Waals surface area contributed by atoms with Gasteiger partial charge in [0, 0.05) is 11.6 Å². The molecule has 114 valence electrons. The predicted molar refractivity (Wildman–Crippen MR) is 80.5 cm³/mol. The van der Waals surface area contributed by atoms with Gasteiger partial charge in [-0.2, -0.15) is 0 Å². The second-order valence-corrected chi connectivity index (χ2v) is 5.34. The maximum atomic E-state index is 12.0. The fraction of sp³-hybridized carbons (Fsp3) is 0.500. The number of urea groups is 1. The summed E-state index contributed by atoms with van der Waals surface area (Å²) in [5.74, 6) is 0.276. The van der Waals surface area contributed by atoms with Crippen LogP contribution in [-0.4, -0.2) is 25.1 Å². The van der Waals surface area contributed by atoms with Gasteiger partial charge in [0.2, 0.25) is 0 Å². The summed E-state index contributed by atoms with van der Waals surface area (Å²) in [6.07, 6.45) is 6.71. The Balaban J connectivity index is 1.84. The second kappa shape index (κ2) is 7.67. The standard InChI is InChI=1S/C16H22N2O3/c1-21-14-10-8-12(9-11-14)15(19)18-16(20)17-13-6-4-2-3-5-7-13/h8-11,13H,2-7H2,1H3,(H2,17,18,19,20). The number of benzene rings is 1. The van der Waals surface area contributed by atoms with Crippen molar-refractivity contribution in [1.29, 1.82) is 0 Å². The molecule has 1 aromatic rings. The van der Waals surface area contributed by atoms with Crippen LogP contribution in [0.5, 0.6) is 5.75 Å². The molecular weight excluding hydrogens is 268 g/mol. The van der Waals surface area contributed by atoms with Gasteiger partial charge in [-0.25, -0.2) is 4.79 Å². The van der Waals surface area contributed by atoms with E-state index in [2.05, 4.69) is 10.6 Å². The number of rotatable bonds is 3. The zero-order valence-corrected chi connectivity index (χ0v) is 12.4. The first-order chi connectivity index (χ1) is 10.2. The molecule has 0 bridgehead atoms. The molecule has 0 saturated heterocycles. The van der Waals surface area contributed by atoms with Crippen LogP contribution in [0.15, 0.2) is 24.3 Å². The molecule has 1 aromatic carbocycles. The third-order valence-corrected chi connectivity index (χ3v) is 3.77. The zero-order valence-electron chi connectivity index (χ0n) is 12.4. The molecule has 0 radical (unpaired) electrons. The van der Waals surface area contributed by atoms with Crippen molar-refractivity contribution in [2.45, 2.75) is 44.6 Å². The molecule has 0 aliphatic heterocycles. The van der Waals surface area contributed by atoms with Gasteiger partial charge in [0.05, 0.1) is 7.11 Å². The van der Waals surface area contributed by atoms with E-state index in [0.717, 1.165) is 25.7 Å². The van der Waals surface area contributed by atoms with Crippen LogP contribution < -0.4 is 15.4 Å². The Morgan fingerprint density at radius 1 is 1.05 bits per heavy atom. The Hall–Kier alpha value is -2.04. The second-order valence-electron chi connectivity index (χ2n) is 5.34. The Morgan fingerprint density at radius 3 is 2.24 bits per heavy atom. The van der Waals surface area contributed by atoms with Crippen LogP contribution in [-0.2, 0) is 0 Å². The number of amides is 3. The number of hydrogen-bond acceptors (Lipinski definition) is 3. The number of ether oxygens (including phenoxy) is 1. The van der Waals surface area contributed by atoms with Crippen molar-refractivity contribution in [2.24, 2.45) is 0 Å². The van der Waals surface area contributed by atoms with Crippen molar-refractivity contribution in [3.63, 3.8) is 0 Å².